The molecule has 0 aromatic heterocycles. The lowest BCUT2D eigenvalue weighted by Crippen LogP contribution is -2.47. The number of likely N-dealkylation sites (N-methyl/N-ethyl adjacent to an activating group) is 1. The normalized spacial score (nSPS) is 16.0. The Morgan fingerprint density at radius 1 is 1.19 bits per heavy atom. The average Bonchev–Trinajstić information content (AvgIpc) is 2.67. The van der Waals surface area contributed by atoms with Crippen LogP contribution in [0.3, 0.4) is 0 Å². The summed E-state index contributed by atoms with van der Waals surface area (Å²) in [6.07, 6.45) is 3.16. The first-order valence-corrected chi connectivity index (χ1v) is 9.02. The molecule has 3 nitrogen and oxygen atoms in total. The van der Waals surface area contributed by atoms with Crippen LogP contribution in [0.2, 0.25) is 0 Å². The second kappa shape index (κ2) is 8.28. The smallest absolute Gasteiger partial charge is 0.239 e. The summed E-state index contributed by atoms with van der Waals surface area (Å²) >= 11 is 0. The van der Waals surface area contributed by atoms with E-state index < -0.39 is 0 Å². The molecule has 136 valence electrons. The van der Waals surface area contributed by atoms with Gasteiger partial charge in [0.2, 0.25) is 5.91 Å². The minimum absolute atomic E-state index is 0.0609. The van der Waals surface area contributed by atoms with Crippen molar-refractivity contribution >= 4 is 11.5 Å². The van der Waals surface area contributed by atoms with Crippen molar-refractivity contribution in [2.45, 2.75) is 25.9 Å². The molecule has 0 saturated heterocycles. The molecule has 0 N–H and O–H groups in total. The Bertz CT molecular complexity index is 788. The Balaban J connectivity index is 1.59. The lowest BCUT2D eigenvalue weighted by molar-refractivity contribution is -0.135. The molecule has 0 bridgehead atoms. The molecule has 4 heteroatoms. The Kier molecular flexibility index (Phi) is 5.84. The van der Waals surface area contributed by atoms with Gasteiger partial charge >= 0.3 is 0 Å². The molecule has 0 saturated carbocycles. The number of hydrogen-bond acceptors (Lipinski definition) is 2. The van der Waals surface area contributed by atoms with Crippen LogP contribution in [0, 0.1) is 5.82 Å². The average molecular weight is 352 g/mol. The van der Waals surface area contributed by atoms with Crippen LogP contribution in [0.25, 0.3) is 5.57 Å². The molecule has 0 radical (unpaired) electrons. The zero-order valence-corrected chi connectivity index (χ0v) is 15.4. The van der Waals surface area contributed by atoms with Crippen molar-refractivity contribution in [3.8, 4) is 0 Å². The van der Waals surface area contributed by atoms with Crippen LogP contribution >= 0.6 is 0 Å². The van der Waals surface area contributed by atoms with Crippen LogP contribution in [0.15, 0.2) is 60.7 Å². The highest BCUT2D eigenvalue weighted by Crippen LogP contribution is 2.23. The molecule has 1 amide bonds. The standard InChI is InChI=1S/C22H25FN2O/c1-17(22(26)24(2)16-18-7-6-10-21(23)15-18)25-13-11-20(12-14-25)19-8-4-3-5-9-19/h3-11,15,17H,12-14,16H2,1-2H3/t17-/m0/s1. The maximum absolute atomic E-state index is 13.3. The largest absolute Gasteiger partial charge is 0.340 e. The van der Waals surface area contributed by atoms with Gasteiger partial charge < -0.3 is 4.90 Å². The van der Waals surface area contributed by atoms with E-state index in [1.54, 1.807) is 18.0 Å². The van der Waals surface area contributed by atoms with Gasteiger partial charge in [-0.1, -0.05) is 48.5 Å². The summed E-state index contributed by atoms with van der Waals surface area (Å²) in [6.45, 7) is 4.00. The van der Waals surface area contributed by atoms with Crippen LogP contribution in [0.1, 0.15) is 24.5 Å². The summed E-state index contributed by atoms with van der Waals surface area (Å²) < 4.78 is 13.3. The van der Waals surface area contributed by atoms with E-state index in [0.29, 0.717) is 6.54 Å². The third-order valence-corrected chi connectivity index (χ3v) is 4.98. The lowest BCUT2D eigenvalue weighted by Gasteiger charge is -2.33. The predicted octanol–water partition coefficient (Wildman–Crippen LogP) is 3.96. The molecule has 1 atom stereocenters. The number of halogens is 1. The first-order chi connectivity index (χ1) is 12.5. The van der Waals surface area contributed by atoms with E-state index in [1.807, 2.05) is 19.1 Å². The summed E-state index contributed by atoms with van der Waals surface area (Å²) in [7, 11) is 1.78. The van der Waals surface area contributed by atoms with Crippen LogP contribution in [0.5, 0.6) is 0 Å². The third-order valence-electron chi connectivity index (χ3n) is 4.98. The summed E-state index contributed by atoms with van der Waals surface area (Å²) in [6, 6.07) is 16.6. The molecule has 0 spiro atoms. The van der Waals surface area contributed by atoms with E-state index in [4.69, 9.17) is 0 Å². The van der Waals surface area contributed by atoms with Gasteiger partial charge in [0.25, 0.3) is 0 Å². The van der Waals surface area contributed by atoms with Crippen molar-refractivity contribution in [1.82, 2.24) is 9.80 Å². The summed E-state index contributed by atoms with van der Waals surface area (Å²) in [5, 5.41) is 0. The van der Waals surface area contributed by atoms with Gasteiger partial charge in [-0.15, -0.1) is 0 Å². The monoisotopic (exact) mass is 352 g/mol. The molecular weight excluding hydrogens is 327 g/mol. The molecule has 26 heavy (non-hydrogen) atoms. The highest BCUT2D eigenvalue weighted by Gasteiger charge is 2.25. The number of rotatable bonds is 5. The predicted molar refractivity (Wildman–Crippen MR) is 103 cm³/mol. The van der Waals surface area contributed by atoms with E-state index in [-0.39, 0.29) is 17.8 Å². The van der Waals surface area contributed by atoms with Gasteiger partial charge in [0.15, 0.2) is 0 Å². The minimum atomic E-state index is -0.272. The third kappa shape index (κ3) is 4.38. The zero-order chi connectivity index (χ0) is 18.5. The Labute approximate surface area is 154 Å². The maximum atomic E-state index is 13.3. The SMILES string of the molecule is C[C@@H](C(=O)N(C)Cc1cccc(F)c1)N1CC=C(c2ccccc2)CC1. The number of carbonyl (C=O) groups excluding carboxylic acids is 1. The quantitative estimate of drug-likeness (QED) is 0.813. The second-order valence-electron chi connectivity index (χ2n) is 6.84. The van der Waals surface area contributed by atoms with Gasteiger partial charge in [0.1, 0.15) is 5.82 Å². The van der Waals surface area contributed by atoms with Crippen LogP contribution in [-0.4, -0.2) is 41.9 Å². The van der Waals surface area contributed by atoms with E-state index in [1.165, 1.54) is 23.3 Å². The van der Waals surface area contributed by atoms with Crippen molar-refractivity contribution in [2.75, 3.05) is 20.1 Å². The second-order valence-corrected chi connectivity index (χ2v) is 6.84. The van der Waals surface area contributed by atoms with Crippen LogP contribution < -0.4 is 0 Å². The molecule has 1 aliphatic heterocycles. The molecule has 3 rings (SSSR count). The fourth-order valence-electron chi connectivity index (χ4n) is 3.41. The van der Waals surface area contributed by atoms with E-state index >= 15 is 0 Å². The van der Waals surface area contributed by atoms with Crippen molar-refractivity contribution in [3.05, 3.63) is 77.6 Å². The first kappa shape index (κ1) is 18.3. The molecule has 1 heterocycles. The number of benzene rings is 2. The molecule has 0 fully saturated rings. The molecular formula is C22H25FN2O. The van der Waals surface area contributed by atoms with E-state index in [9.17, 15) is 9.18 Å². The summed E-state index contributed by atoms with van der Waals surface area (Å²) in [4.78, 5) is 16.6. The number of carbonyl (C=O) groups is 1. The number of hydrogen-bond donors (Lipinski definition) is 0. The van der Waals surface area contributed by atoms with Crippen molar-refractivity contribution in [2.24, 2.45) is 0 Å². The highest BCUT2D eigenvalue weighted by molar-refractivity contribution is 5.81. The fraction of sp³-hybridized carbons (Fsp3) is 0.318. The highest BCUT2D eigenvalue weighted by atomic mass is 19.1. The van der Waals surface area contributed by atoms with Crippen molar-refractivity contribution in [3.63, 3.8) is 0 Å². The van der Waals surface area contributed by atoms with Crippen LogP contribution in [-0.2, 0) is 11.3 Å². The molecule has 0 aliphatic carbocycles. The molecule has 2 aromatic carbocycles. The Hall–Kier alpha value is -2.46. The van der Waals surface area contributed by atoms with Gasteiger partial charge in [0.05, 0.1) is 6.04 Å². The summed E-state index contributed by atoms with van der Waals surface area (Å²) in [5.41, 5.74) is 3.40. The van der Waals surface area contributed by atoms with Crippen LogP contribution in [0.4, 0.5) is 4.39 Å². The molecule has 0 unspecified atom stereocenters. The van der Waals surface area contributed by atoms with Gasteiger partial charge in [-0.2, -0.15) is 0 Å². The van der Waals surface area contributed by atoms with E-state index in [2.05, 4.69) is 35.2 Å². The molecule has 1 aliphatic rings. The fourth-order valence-corrected chi connectivity index (χ4v) is 3.41. The topological polar surface area (TPSA) is 23.6 Å². The molecule has 2 aromatic rings. The Morgan fingerprint density at radius 3 is 2.62 bits per heavy atom. The number of nitrogens with zero attached hydrogens (tertiary/aromatic N) is 2. The zero-order valence-electron chi connectivity index (χ0n) is 15.4. The van der Waals surface area contributed by atoms with Gasteiger partial charge in [-0.3, -0.25) is 9.69 Å². The Morgan fingerprint density at radius 2 is 1.96 bits per heavy atom. The van der Waals surface area contributed by atoms with Gasteiger partial charge in [-0.05, 0) is 42.2 Å². The van der Waals surface area contributed by atoms with Gasteiger partial charge in [0, 0.05) is 26.7 Å². The summed E-state index contributed by atoms with van der Waals surface area (Å²) in [5.74, 6) is -0.211. The minimum Gasteiger partial charge on any atom is -0.340 e. The van der Waals surface area contributed by atoms with Crippen molar-refractivity contribution < 1.29 is 9.18 Å². The first-order valence-electron chi connectivity index (χ1n) is 9.02. The van der Waals surface area contributed by atoms with Crippen molar-refractivity contribution in [1.29, 1.82) is 0 Å². The maximum Gasteiger partial charge on any atom is 0.239 e. The lowest BCUT2D eigenvalue weighted by atomic mass is 9.99. The number of amides is 1. The van der Waals surface area contributed by atoms with E-state index in [0.717, 1.165) is 25.1 Å². The van der Waals surface area contributed by atoms with Gasteiger partial charge in [-0.25, -0.2) is 4.39 Å².